The quantitative estimate of drug-likeness (QED) is 0.227. The number of fused-ring (bicyclic) bond motifs is 1. The molecule has 2 heterocycles. The fourth-order valence-corrected chi connectivity index (χ4v) is 7.62. The van der Waals surface area contributed by atoms with Gasteiger partial charge >= 0.3 is 5.97 Å². The minimum atomic E-state index is -1.60. The fourth-order valence-electron chi connectivity index (χ4n) is 7.62. The molecule has 1 aliphatic heterocycles. The van der Waals surface area contributed by atoms with Gasteiger partial charge in [0.25, 0.3) is 0 Å². The highest BCUT2D eigenvalue weighted by molar-refractivity contribution is 5.90. The van der Waals surface area contributed by atoms with E-state index in [1.807, 2.05) is 19.9 Å². The van der Waals surface area contributed by atoms with Crippen LogP contribution >= 0.6 is 0 Å². The number of furan rings is 1. The molecule has 1 aromatic heterocycles. The van der Waals surface area contributed by atoms with Crippen LogP contribution in [0.4, 0.5) is 0 Å². The smallest absolute Gasteiger partial charge is 0.334 e. The molecule has 1 aromatic carbocycles. The maximum Gasteiger partial charge on any atom is 0.334 e. The third kappa shape index (κ3) is 5.71. The number of rotatable bonds is 9. The Morgan fingerprint density at radius 2 is 1.77 bits per heavy atom. The molecule has 11 nitrogen and oxygen atoms in total. The maximum atomic E-state index is 13.7. The van der Waals surface area contributed by atoms with Gasteiger partial charge in [0.15, 0.2) is 0 Å². The van der Waals surface area contributed by atoms with E-state index in [1.165, 1.54) is 0 Å². The van der Waals surface area contributed by atoms with E-state index in [0.29, 0.717) is 17.6 Å². The summed E-state index contributed by atoms with van der Waals surface area (Å²) in [5.74, 6) is -0.730. The molecule has 2 aromatic rings. The zero-order valence-corrected chi connectivity index (χ0v) is 25.3. The van der Waals surface area contributed by atoms with Crippen molar-refractivity contribution in [1.29, 1.82) is 0 Å². The Kier molecular flexibility index (Phi) is 9.58. The van der Waals surface area contributed by atoms with Gasteiger partial charge in [-0.2, -0.15) is 0 Å². The average molecular weight is 617 g/mol. The number of carbonyl (C=O) groups is 1. The number of benzene rings is 1. The minimum Gasteiger partial charge on any atom is -0.472 e. The Balaban J connectivity index is 1.33. The fraction of sp³-hybridized carbons (Fsp3) is 0.606. The molecule has 5 rings (SSSR count). The van der Waals surface area contributed by atoms with Gasteiger partial charge in [0.05, 0.1) is 31.3 Å². The Labute approximate surface area is 256 Å². The highest BCUT2D eigenvalue weighted by Crippen LogP contribution is 2.62. The van der Waals surface area contributed by atoms with E-state index in [2.05, 4.69) is 6.92 Å². The van der Waals surface area contributed by atoms with E-state index in [1.54, 1.807) is 42.9 Å². The summed E-state index contributed by atoms with van der Waals surface area (Å²) >= 11 is 0. The Hall–Kier alpha value is -2.77. The van der Waals surface area contributed by atoms with Crippen LogP contribution in [0.5, 0.6) is 5.75 Å². The van der Waals surface area contributed by atoms with Crippen molar-refractivity contribution in [2.45, 2.75) is 96.0 Å². The number of allylic oxidation sites excluding steroid dienone is 1. The number of aryl methyl sites for hydroxylation is 1. The number of aliphatic hydroxyl groups is 6. The molecule has 1 saturated heterocycles. The molecule has 0 radical (unpaired) electrons. The normalized spacial score (nSPS) is 38.8. The lowest BCUT2D eigenvalue weighted by atomic mass is 9.45. The Bertz CT molecular complexity index is 1310. The Morgan fingerprint density at radius 3 is 2.48 bits per heavy atom. The molecule has 44 heavy (non-hydrogen) atoms. The van der Waals surface area contributed by atoms with Crippen LogP contribution in [-0.4, -0.2) is 86.1 Å². The van der Waals surface area contributed by atoms with Crippen molar-refractivity contribution < 1.29 is 54.1 Å². The minimum absolute atomic E-state index is 0.107. The summed E-state index contributed by atoms with van der Waals surface area (Å²) in [7, 11) is 0. The molecular formula is C33H44O11. The van der Waals surface area contributed by atoms with Gasteiger partial charge in [-0.05, 0) is 60.6 Å². The van der Waals surface area contributed by atoms with Crippen LogP contribution in [0, 0.1) is 22.7 Å². The monoisotopic (exact) mass is 616 g/mol. The van der Waals surface area contributed by atoms with Crippen molar-refractivity contribution in [3.63, 3.8) is 0 Å². The van der Waals surface area contributed by atoms with Crippen molar-refractivity contribution >= 4 is 5.97 Å². The molecule has 0 spiro atoms. The largest absolute Gasteiger partial charge is 0.472 e. The van der Waals surface area contributed by atoms with Crippen molar-refractivity contribution in [2.75, 3.05) is 6.61 Å². The third-order valence-electron chi connectivity index (χ3n) is 10.6. The van der Waals surface area contributed by atoms with Crippen molar-refractivity contribution in [2.24, 2.45) is 22.7 Å². The van der Waals surface area contributed by atoms with Crippen LogP contribution in [0.1, 0.15) is 51.2 Å². The zero-order valence-electron chi connectivity index (χ0n) is 25.3. The van der Waals surface area contributed by atoms with Crippen LogP contribution in [0.25, 0.3) is 0 Å². The van der Waals surface area contributed by atoms with Crippen LogP contribution in [0.15, 0.2) is 58.9 Å². The van der Waals surface area contributed by atoms with Crippen LogP contribution in [0.2, 0.25) is 0 Å². The summed E-state index contributed by atoms with van der Waals surface area (Å²) in [6.45, 7) is 5.14. The summed E-state index contributed by atoms with van der Waals surface area (Å²) in [4.78, 5) is 13.7. The van der Waals surface area contributed by atoms with E-state index < -0.39 is 66.3 Å². The van der Waals surface area contributed by atoms with Gasteiger partial charge in [-0.3, -0.25) is 0 Å². The highest BCUT2D eigenvalue weighted by Gasteiger charge is 2.62. The predicted octanol–water partition coefficient (Wildman–Crippen LogP) is 1.85. The number of ether oxygens (including phenoxy) is 3. The molecule has 1 saturated carbocycles. The van der Waals surface area contributed by atoms with Gasteiger partial charge in [0, 0.05) is 16.6 Å². The molecule has 11 atom stereocenters. The van der Waals surface area contributed by atoms with E-state index >= 15 is 0 Å². The first-order chi connectivity index (χ1) is 20.9. The number of esters is 1. The van der Waals surface area contributed by atoms with Crippen molar-refractivity contribution in [1.82, 2.24) is 0 Å². The predicted molar refractivity (Wildman–Crippen MR) is 156 cm³/mol. The van der Waals surface area contributed by atoms with Crippen molar-refractivity contribution in [3.05, 3.63) is 65.6 Å². The summed E-state index contributed by atoms with van der Waals surface area (Å²) in [5, 5.41) is 62.9. The molecule has 3 aliphatic rings. The second-order valence-corrected chi connectivity index (χ2v) is 12.9. The van der Waals surface area contributed by atoms with Gasteiger partial charge in [0.1, 0.15) is 36.8 Å². The van der Waals surface area contributed by atoms with E-state index in [0.717, 1.165) is 24.8 Å². The summed E-state index contributed by atoms with van der Waals surface area (Å²) in [5.41, 5.74) is 0.374. The van der Waals surface area contributed by atoms with Gasteiger partial charge in [0.2, 0.25) is 6.29 Å². The number of aliphatic hydroxyl groups excluding tert-OH is 6. The van der Waals surface area contributed by atoms with Gasteiger partial charge in [-0.1, -0.05) is 45.0 Å². The Morgan fingerprint density at radius 1 is 1.02 bits per heavy atom. The van der Waals surface area contributed by atoms with E-state index in [4.69, 9.17) is 18.6 Å². The number of hydrogen-bond acceptors (Lipinski definition) is 11. The van der Waals surface area contributed by atoms with E-state index in [9.17, 15) is 35.4 Å². The summed E-state index contributed by atoms with van der Waals surface area (Å²) < 4.78 is 22.3. The number of carbonyl (C=O) groups excluding carboxylic acids is 1. The standard InChI is InChI=1S/C33H44O11/c1-18-25(35)29(39)33(3)21(8-6-10-24(33)32(18,2)13-11-19-12-14-41-16-19)30(40)42-17-20-7-4-5-9-22(20)43-31-28(38)27(37)26(36)23(15-34)44-31/h4-5,7-9,12,14,16,18,23-29,31,34-39H,6,10-11,13,15,17H2,1-3H3/t18-,23-,24-,25+,26-,27+,28-,29+,31-,32+,33+/m1/s1. The maximum absolute atomic E-state index is 13.7. The molecule has 0 amide bonds. The summed E-state index contributed by atoms with van der Waals surface area (Å²) in [6.07, 6.45) is -1.49. The second kappa shape index (κ2) is 12.9. The van der Waals surface area contributed by atoms with Gasteiger partial charge in [-0.25, -0.2) is 4.79 Å². The average Bonchev–Trinajstić information content (AvgIpc) is 3.55. The lowest BCUT2D eigenvalue weighted by Crippen LogP contribution is -2.64. The second-order valence-electron chi connectivity index (χ2n) is 12.9. The first-order valence-electron chi connectivity index (χ1n) is 15.2. The zero-order chi connectivity index (χ0) is 31.8. The van der Waals surface area contributed by atoms with Crippen LogP contribution in [-0.2, 0) is 27.3 Å². The molecule has 242 valence electrons. The molecular weight excluding hydrogens is 572 g/mol. The molecule has 11 heteroatoms. The first-order valence-corrected chi connectivity index (χ1v) is 15.2. The SMILES string of the molecule is C[C@@H]1[C@H](O)[C@H](O)[C@@]2(C)C(C(=O)OCc3ccccc3O[C@@H]3O[C@H](CO)[C@@H](O)[C@H](O)[C@H]3O)=CCC[C@@H]2[C@@]1(C)CCc1ccoc1. The highest BCUT2D eigenvalue weighted by atomic mass is 16.7. The number of para-hydroxylation sites is 1. The topological polar surface area (TPSA) is 179 Å². The molecule has 0 unspecified atom stereocenters. The summed E-state index contributed by atoms with van der Waals surface area (Å²) in [6, 6.07) is 8.56. The lowest BCUT2D eigenvalue weighted by Gasteiger charge is -2.61. The molecule has 2 aliphatic carbocycles. The number of hydrogen-bond donors (Lipinski definition) is 6. The molecule has 0 bridgehead atoms. The molecule has 2 fully saturated rings. The van der Waals surface area contributed by atoms with Gasteiger partial charge in [-0.15, -0.1) is 0 Å². The van der Waals surface area contributed by atoms with E-state index in [-0.39, 0.29) is 24.2 Å². The third-order valence-corrected chi connectivity index (χ3v) is 10.6. The van der Waals surface area contributed by atoms with Crippen LogP contribution < -0.4 is 4.74 Å². The lowest BCUT2D eigenvalue weighted by molar-refractivity contribution is -0.277. The first kappa shape index (κ1) is 32.6. The van der Waals surface area contributed by atoms with Crippen LogP contribution in [0.3, 0.4) is 0 Å². The van der Waals surface area contributed by atoms with Crippen molar-refractivity contribution in [3.8, 4) is 5.75 Å². The molecule has 6 N–H and O–H groups in total. The van der Waals surface area contributed by atoms with Gasteiger partial charge < -0.3 is 49.3 Å².